The Bertz CT molecular complexity index is 424. The van der Waals surface area contributed by atoms with Gasteiger partial charge in [0, 0.05) is 11.8 Å². The van der Waals surface area contributed by atoms with E-state index in [4.69, 9.17) is 5.11 Å². The van der Waals surface area contributed by atoms with Crippen LogP contribution in [0.2, 0.25) is 0 Å². The second-order valence-corrected chi connectivity index (χ2v) is 3.92. The molecule has 1 aromatic carbocycles. The molecule has 7 heteroatoms. The highest BCUT2D eigenvalue weighted by molar-refractivity contribution is 7.99. The third-order valence-electron chi connectivity index (χ3n) is 1.70. The molecule has 0 spiro atoms. The minimum absolute atomic E-state index is 0.0847. The molecule has 0 aliphatic rings. The Kier molecular flexibility index (Phi) is 4.24. The molecule has 0 heterocycles. The topological polar surface area (TPSA) is 80.4 Å². The molecule has 0 amide bonds. The van der Waals surface area contributed by atoms with Gasteiger partial charge in [0.2, 0.25) is 5.82 Å². The predicted octanol–water partition coefficient (Wildman–Crippen LogP) is 2.05. The number of nitrogens with zero attached hydrogens (tertiary/aromatic N) is 1. The first kappa shape index (κ1) is 12.4. The summed E-state index contributed by atoms with van der Waals surface area (Å²) in [5.74, 6) is -1.63. The van der Waals surface area contributed by atoms with Gasteiger partial charge in [-0.1, -0.05) is 6.07 Å². The SMILES string of the molecule is O=C(O)CSCc1ccc([N+](=O)[O-])c(F)c1. The smallest absolute Gasteiger partial charge is 0.313 e. The molecule has 0 aliphatic heterocycles. The quantitative estimate of drug-likeness (QED) is 0.634. The molecule has 0 saturated carbocycles. The zero-order valence-electron chi connectivity index (χ0n) is 8.05. The number of carbonyl (C=O) groups is 1. The second kappa shape index (κ2) is 5.45. The van der Waals surface area contributed by atoms with Gasteiger partial charge in [0.25, 0.3) is 0 Å². The summed E-state index contributed by atoms with van der Waals surface area (Å²) in [6, 6.07) is 3.54. The number of hydrogen-bond donors (Lipinski definition) is 1. The maximum atomic E-state index is 13.1. The summed E-state index contributed by atoms with van der Waals surface area (Å²) in [5, 5.41) is 18.7. The minimum Gasteiger partial charge on any atom is -0.481 e. The molecule has 86 valence electrons. The Hall–Kier alpha value is -1.63. The van der Waals surface area contributed by atoms with Gasteiger partial charge in [-0.05, 0) is 11.6 Å². The Morgan fingerprint density at radius 3 is 2.75 bits per heavy atom. The molecule has 0 aliphatic carbocycles. The summed E-state index contributed by atoms with van der Waals surface area (Å²) in [7, 11) is 0. The number of thioether (sulfide) groups is 1. The van der Waals surface area contributed by atoms with Crippen molar-refractivity contribution in [3.05, 3.63) is 39.7 Å². The molecule has 0 atom stereocenters. The van der Waals surface area contributed by atoms with Gasteiger partial charge in [0.15, 0.2) is 0 Å². The number of rotatable bonds is 5. The molecule has 5 nitrogen and oxygen atoms in total. The van der Waals surface area contributed by atoms with Gasteiger partial charge in [-0.2, -0.15) is 4.39 Å². The molecule has 1 N–H and O–H groups in total. The Morgan fingerprint density at radius 1 is 1.56 bits per heavy atom. The minimum atomic E-state index is -0.951. The third-order valence-corrected chi connectivity index (χ3v) is 2.69. The average Bonchev–Trinajstić information content (AvgIpc) is 2.16. The van der Waals surface area contributed by atoms with Crippen molar-refractivity contribution in [2.75, 3.05) is 5.75 Å². The molecule has 1 aromatic rings. The number of aliphatic carboxylic acids is 1. The maximum absolute atomic E-state index is 13.1. The van der Waals surface area contributed by atoms with Crippen LogP contribution in [0.25, 0.3) is 0 Å². The van der Waals surface area contributed by atoms with Gasteiger partial charge in [0.05, 0.1) is 10.7 Å². The van der Waals surface area contributed by atoms with E-state index in [2.05, 4.69) is 0 Å². The zero-order valence-corrected chi connectivity index (χ0v) is 8.87. The van der Waals surface area contributed by atoms with E-state index in [1.807, 2.05) is 0 Å². The first-order chi connectivity index (χ1) is 7.50. The van der Waals surface area contributed by atoms with Crippen LogP contribution < -0.4 is 0 Å². The van der Waals surface area contributed by atoms with E-state index in [1.165, 1.54) is 6.07 Å². The molecular formula is C9H8FNO4S. The molecule has 0 aromatic heterocycles. The van der Waals surface area contributed by atoms with E-state index < -0.39 is 22.4 Å². The fraction of sp³-hybridized carbons (Fsp3) is 0.222. The molecular weight excluding hydrogens is 237 g/mol. The van der Waals surface area contributed by atoms with Crippen LogP contribution in [0.5, 0.6) is 0 Å². The lowest BCUT2D eigenvalue weighted by atomic mass is 10.2. The fourth-order valence-corrected chi connectivity index (χ4v) is 1.74. The van der Waals surface area contributed by atoms with Crippen molar-refractivity contribution < 1.29 is 19.2 Å². The van der Waals surface area contributed by atoms with Gasteiger partial charge < -0.3 is 5.11 Å². The highest BCUT2D eigenvalue weighted by Gasteiger charge is 2.13. The van der Waals surface area contributed by atoms with Crippen LogP contribution in [-0.4, -0.2) is 21.8 Å². The molecule has 0 saturated heterocycles. The molecule has 16 heavy (non-hydrogen) atoms. The van der Waals surface area contributed by atoms with Gasteiger partial charge in [-0.25, -0.2) is 0 Å². The number of benzene rings is 1. The summed E-state index contributed by atoms with van der Waals surface area (Å²) in [6.45, 7) is 0. The van der Waals surface area contributed by atoms with E-state index in [-0.39, 0.29) is 5.75 Å². The summed E-state index contributed by atoms with van der Waals surface area (Å²) in [4.78, 5) is 19.7. The summed E-state index contributed by atoms with van der Waals surface area (Å²) in [6.07, 6.45) is 0. The van der Waals surface area contributed by atoms with Crippen LogP contribution in [0, 0.1) is 15.9 Å². The van der Waals surface area contributed by atoms with Crippen molar-refractivity contribution in [3.8, 4) is 0 Å². The number of nitro benzene ring substituents is 1. The van der Waals surface area contributed by atoms with Crippen molar-refractivity contribution in [2.45, 2.75) is 5.75 Å². The van der Waals surface area contributed by atoms with Gasteiger partial charge >= 0.3 is 11.7 Å². The van der Waals surface area contributed by atoms with Crippen molar-refractivity contribution in [1.82, 2.24) is 0 Å². The number of carboxylic acid groups (broad SMARTS) is 1. The lowest BCUT2D eigenvalue weighted by Gasteiger charge is -2.00. The number of nitro groups is 1. The van der Waals surface area contributed by atoms with Crippen LogP contribution in [0.3, 0.4) is 0 Å². The average molecular weight is 245 g/mol. The van der Waals surface area contributed by atoms with Crippen LogP contribution in [-0.2, 0) is 10.5 Å². The largest absolute Gasteiger partial charge is 0.481 e. The highest BCUT2D eigenvalue weighted by atomic mass is 32.2. The van der Waals surface area contributed by atoms with Crippen molar-refractivity contribution in [3.63, 3.8) is 0 Å². The van der Waals surface area contributed by atoms with Gasteiger partial charge in [-0.15, -0.1) is 11.8 Å². The normalized spacial score (nSPS) is 10.1. The Labute approximate surface area is 94.4 Å². The first-order valence-corrected chi connectivity index (χ1v) is 5.38. The van der Waals surface area contributed by atoms with Crippen LogP contribution in [0.15, 0.2) is 18.2 Å². The van der Waals surface area contributed by atoms with Crippen LogP contribution in [0.4, 0.5) is 10.1 Å². The molecule has 0 radical (unpaired) electrons. The summed E-state index contributed by atoms with van der Waals surface area (Å²) in [5.41, 5.74) is -0.0543. The molecule has 1 rings (SSSR count). The van der Waals surface area contributed by atoms with Crippen molar-refractivity contribution >= 4 is 23.4 Å². The standard InChI is InChI=1S/C9H8FNO4S/c10-7-3-6(4-16-5-9(12)13)1-2-8(7)11(14)15/h1-3H,4-5H2,(H,12,13). The Balaban J connectivity index is 2.66. The zero-order chi connectivity index (χ0) is 12.1. The second-order valence-electron chi connectivity index (χ2n) is 2.93. The number of carboxylic acids is 1. The van der Waals surface area contributed by atoms with E-state index in [9.17, 15) is 19.3 Å². The lowest BCUT2D eigenvalue weighted by Crippen LogP contribution is -1.98. The van der Waals surface area contributed by atoms with Gasteiger partial charge in [0.1, 0.15) is 0 Å². The third kappa shape index (κ3) is 3.50. The fourth-order valence-electron chi connectivity index (χ4n) is 1.04. The lowest BCUT2D eigenvalue weighted by molar-refractivity contribution is -0.387. The van der Waals surface area contributed by atoms with E-state index >= 15 is 0 Å². The van der Waals surface area contributed by atoms with E-state index in [0.29, 0.717) is 11.3 Å². The number of halogens is 1. The monoisotopic (exact) mass is 245 g/mol. The predicted molar refractivity (Wildman–Crippen MR) is 56.9 cm³/mol. The van der Waals surface area contributed by atoms with Gasteiger partial charge in [-0.3, -0.25) is 14.9 Å². The molecule has 0 unspecified atom stereocenters. The Morgan fingerprint density at radius 2 is 2.25 bits per heavy atom. The van der Waals surface area contributed by atoms with E-state index in [1.54, 1.807) is 0 Å². The maximum Gasteiger partial charge on any atom is 0.313 e. The molecule has 0 fully saturated rings. The summed E-state index contributed by atoms with van der Waals surface area (Å²) >= 11 is 1.10. The van der Waals surface area contributed by atoms with Crippen LogP contribution in [0.1, 0.15) is 5.56 Å². The van der Waals surface area contributed by atoms with Crippen LogP contribution >= 0.6 is 11.8 Å². The number of hydrogen-bond acceptors (Lipinski definition) is 4. The summed E-state index contributed by atoms with van der Waals surface area (Å²) < 4.78 is 13.1. The van der Waals surface area contributed by atoms with Crippen molar-refractivity contribution in [2.24, 2.45) is 0 Å². The molecule has 0 bridgehead atoms. The van der Waals surface area contributed by atoms with Crippen molar-refractivity contribution in [1.29, 1.82) is 0 Å². The highest BCUT2D eigenvalue weighted by Crippen LogP contribution is 2.20. The first-order valence-electron chi connectivity index (χ1n) is 4.23. The van der Waals surface area contributed by atoms with E-state index in [0.717, 1.165) is 23.9 Å².